The lowest BCUT2D eigenvalue weighted by atomic mass is 9.89. The maximum Gasteiger partial charge on any atom is 0.312 e. The van der Waals surface area contributed by atoms with E-state index in [1.165, 1.54) is 9.91 Å². The van der Waals surface area contributed by atoms with Crippen LogP contribution in [0.4, 0.5) is 0 Å². The Bertz CT molecular complexity index is 987. The van der Waals surface area contributed by atoms with Gasteiger partial charge in [0.1, 0.15) is 5.71 Å². The molecule has 0 saturated carbocycles. The van der Waals surface area contributed by atoms with Crippen LogP contribution in [0.3, 0.4) is 0 Å². The second kappa shape index (κ2) is 7.87. The molecule has 0 bridgehead atoms. The molecule has 29 heavy (non-hydrogen) atoms. The third kappa shape index (κ3) is 3.89. The first-order valence-electron chi connectivity index (χ1n) is 9.54. The molecule has 7 nitrogen and oxygen atoms in total. The summed E-state index contributed by atoms with van der Waals surface area (Å²) in [6, 6.07) is 16.8. The fraction of sp³-hybridized carbons (Fsp3) is 0.273. The molecule has 1 unspecified atom stereocenters. The van der Waals surface area contributed by atoms with E-state index in [1.807, 2.05) is 48.5 Å². The van der Waals surface area contributed by atoms with Crippen molar-refractivity contribution in [3.63, 3.8) is 0 Å². The van der Waals surface area contributed by atoms with Crippen molar-refractivity contribution < 1.29 is 19.5 Å². The number of hydrazone groups is 1. The molecule has 0 radical (unpaired) electrons. The normalized spacial score (nSPS) is 18.8. The lowest BCUT2D eigenvalue weighted by Gasteiger charge is -2.34. The summed E-state index contributed by atoms with van der Waals surface area (Å²) in [4.78, 5) is 38.6. The van der Waals surface area contributed by atoms with Crippen molar-refractivity contribution in [3.05, 3.63) is 71.3 Å². The standard InChI is InChI=1S/C22H21N3O4/c26-20-11-10-19(23-25(20)12-15-6-2-1-3-7-15)21(27)24-13-16-8-4-5-9-17(16)18(14-24)22(28)29/h1-9,18H,10-14H2,(H,28,29). The molecule has 1 atom stereocenters. The number of hydrogen-bond donors (Lipinski definition) is 1. The van der Waals surface area contributed by atoms with Gasteiger partial charge in [-0.1, -0.05) is 54.6 Å². The average Bonchev–Trinajstić information content (AvgIpc) is 2.74. The number of rotatable bonds is 4. The first kappa shape index (κ1) is 18.9. The molecular weight excluding hydrogens is 370 g/mol. The highest BCUT2D eigenvalue weighted by molar-refractivity contribution is 6.39. The van der Waals surface area contributed by atoms with E-state index < -0.39 is 11.9 Å². The number of nitrogens with zero attached hydrogens (tertiary/aromatic N) is 3. The van der Waals surface area contributed by atoms with Crippen LogP contribution in [-0.4, -0.2) is 45.1 Å². The van der Waals surface area contributed by atoms with Crippen molar-refractivity contribution >= 4 is 23.5 Å². The predicted octanol–water partition coefficient (Wildman–Crippen LogP) is 2.38. The third-order valence-corrected chi connectivity index (χ3v) is 5.31. The van der Waals surface area contributed by atoms with Crippen LogP contribution in [0, 0.1) is 0 Å². The van der Waals surface area contributed by atoms with Crippen LogP contribution < -0.4 is 0 Å². The molecule has 2 heterocycles. The van der Waals surface area contributed by atoms with E-state index in [2.05, 4.69) is 5.10 Å². The van der Waals surface area contributed by atoms with Gasteiger partial charge < -0.3 is 10.0 Å². The zero-order chi connectivity index (χ0) is 20.4. The van der Waals surface area contributed by atoms with Gasteiger partial charge in [0, 0.05) is 25.9 Å². The fourth-order valence-corrected chi connectivity index (χ4v) is 3.79. The van der Waals surface area contributed by atoms with Gasteiger partial charge in [-0.3, -0.25) is 14.4 Å². The van der Waals surface area contributed by atoms with Crippen LogP contribution in [0.1, 0.15) is 35.4 Å². The van der Waals surface area contributed by atoms with Gasteiger partial charge in [0.25, 0.3) is 5.91 Å². The van der Waals surface area contributed by atoms with Gasteiger partial charge in [-0.2, -0.15) is 5.10 Å². The van der Waals surface area contributed by atoms with E-state index in [9.17, 15) is 19.5 Å². The van der Waals surface area contributed by atoms with Gasteiger partial charge in [-0.25, -0.2) is 5.01 Å². The van der Waals surface area contributed by atoms with E-state index in [4.69, 9.17) is 0 Å². The number of carbonyl (C=O) groups excluding carboxylic acids is 2. The molecule has 0 saturated heterocycles. The predicted molar refractivity (Wildman–Crippen MR) is 106 cm³/mol. The summed E-state index contributed by atoms with van der Waals surface area (Å²) in [6.07, 6.45) is 0.475. The van der Waals surface area contributed by atoms with Crippen LogP contribution in [0.2, 0.25) is 0 Å². The molecular formula is C22H21N3O4. The number of fused-ring (bicyclic) bond motifs is 1. The van der Waals surface area contributed by atoms with Gasteiger partial charge in [0.2, 0.25) is 5.91 Å². The average molecular weight is 391 g/mol. The lowest BCUT2D eigenvalue weighted by Crippen LogP contribution is -2.45. The third-order valence-electron chi connectivity index (χ3n) is 5.31. The second-order valence-electron chi connectivity index (χ2n) is 7.26. The van der Waals surface area contributed by atoms with Crippen molar-refractivity contribution in [3.8, 4) is 0 Å². The minimum absolute atomic E-state index is 0.0941. The fourth-order valence-electron chi connectivity index (χ4n) is 3.79. The molecule has 2 aromatic carbocycles. The SMILES string of the molecule is O=C(O)C1CN(C(=O)C2=NN(Cc3ccccc3)C(=O)CC2)Cc2ccccc21. The molecule has 0 fully saturated rings. The maximum absolute atomic E-state index is 13.1. The highest BCUT2D eigenvalue weighted by Gasteiger charge is 2.35. The summed E-state index contributed by atoms with van der Waals surface area (Å²) < 4.78 is 0. The highest BCUT2D eigenvalue weighted by Crippen LogP contribution is 2.29. The van der Waals surface area contributed by atoms with E-state index in [0.29, 0.717) is 18.8 Å². The van der Waals surface area contributed by atoms with Crippen molar-refractivity contribution in [2.45, 2.75) is 31.8 Å². The van der Waals surface area contributed by atoms with Gasteiger partial charge in [-0.05, 0) is 16.7 Å². The number of aliphatic carboxylic acids is 1. The van der Waals surface area contributed by atoms with Crippen LogP contribution in [-0.2, 0) is 27.5 Å². The van der Waals surface area contributed by atoms with Gasteiger partial charge in [-0.15, -0.1) is 0 Å². The number of carboxylic acids is 1. The van der Waals surface area contributed by atoms with Crippen molar-refractivity contribution in [2.75, 3.05) is 6.54 Å². The molecule has 1 N–H and O–H groups in total. The summed E-state index contributed by atoms with van der Waals surface area (Å²) in [6.45, 7) is 0.734. The Morgan fingerprint density at radius 2 is 1.76 bits per heavy atom. The van der Waals surface area contributed by atoms with Crippen LogP contribution in [0.25, 0.3) is 0 Å². The smallest absolute Gasteiger partial charge is 0.312 e. The molecule has 2 amide bonds. The highest BCUT2D eigenvalue weighted by atomic mass is 16.4. The summed E-state index contributed by atoms with van der Waals surface area (Å²) >= 11 is 0. The summed E-state index contributed by atoms with van der Waals surface area (Å²) in [5.74, 6) is -2.16. The quantitative estimate of drug-likeness (QED) is 0.866. The second-order valence-corrected chi connectivity index (χ2v) is 7.26. The number of amides is 2. The minimum atomic E-state index is -0.957. The van der Waals surface area contributed by atoms with Gasteiger partial charge in [0.05, 0.1) is 12.5 Å². The topological polar surface area (TPSA) is 90.3 Å². The molecule has 0 spiro atoms. The van der Waals surface area contributed by atoms with Crippen molar-refractivity contribution in [1.29, 1.82) is 0 Å². The van der Waals surface area contributed by atoms with E-state index >= 15 is 0 Å². The van der Waals surface area contributed by atoms with Gasteiger partial charge in [0.15, 0.2) is 0 Å². The Hall–Kier alpha value is -3.48. The molecule has 2 aromatic rings. The Kier molecular flexibility index (Phi) is 5.12. The zero-order valence-electron chi connectivity index (χ0n) is 15.8. The number of benzene rings is 2. The van der Waals surface area contributed by atoms with E-state index in [1.54, 1.807) is 6.07 Å². The van der Waals surface area contributed by atoms with Crippen LogP contribution in [0.5, 0.6) is 0 Å². The summed E-state index contributed by atoms with van der Waals surface area (Å²) in [5, 5.41) is 15.3. The van der Waals surface area contributed by atoms with Crippen LogP contribution in [0.15, 0.2) is 59.7 Å². The summed E-state index contributed by atoms with van der Waals surface area (Å²) in [5.41, 5.74) is 2.80. The number of carbonyl (C=O) groups is 3. The van der Waals surface area contributed by atoms with Crippen molar-refractivity contribution in [1.82, 2.24) is 9.91 Å². The van der Waals surface area contributed by atoms with Gasteiger partial charge >= 0.3 is 5.97 Å². The first-order chi connectivity index (χ1) is 14.0. The largest absolute Gasteiger partial charge is 0.481 e. The Morgan fingerprint density at radius 3 is 2.52 bits per heavy atom. The maximum atomic E-state index is 13.1. The molecule has 7 heteroatoms. The number of carboxylic acid groups (broad SMARTS) is 1. The monoisotopic (exact) mass is 391 g/mol. The molecule has 148 valence electrons. The van der Waals surface area contributed by atoms with E-state index in [-0.39, 0.29) is 31.2 Å². The molecule has 4 rings (SSSR count). The molecule has 2 aliphatic rings. The molecule has 0 aliphatic carbocycles. The summed E-state index contributed by atoms with van der Waals surface area (Å²) in [7, 11) is 0. The molecule has 2 aliphatic heterocycles. The number of hydrogen-bond acceptors (Lipinski definition) is 4. The first-order valence-corrected chi connectivity index (χ1v) is 9.54. The molecule has 0 aromatic heterocycles. The Labute approximate surface area is 168 Å². The van der Waals surface area contributed by atoms with Crippen molar-refractivity contribution in [2.24, 2.45) is 5.10 Å². The van der Waals surface area contributed by atoms with Crippen LogP contribution >= 0.6 is 0 Å². The van der Waals surface area contributed by atoms with E-state index in [0.717, 1.165) is 16.7 Å². The zero-order valence-corrected chi connectivity index (χ0v) is 15.8. The Morgan fingerprint density at radius 1 is 1.03 bits per heavy atom. The minimum Gasteiger partial charge on any atom is -0.481 e. The lowest BCUT2D eigenvalue weighted by molar-refractivity contribution is -0.140. The Balaban J connectivity index is 1.56.